The number of aryl methyl sites for hydroxylation is 4. The third-order valence-electron chi connectivity index (χ3n) is 6.79. The first-order valence-corrected chi connectivity index (χ1v) is 12.2. The largest absolute Gasteiger partial charge is 0.461 e. The molecule has 0 spiro atoms. The monoisotopic (exact) mass is 515 g/mol. The minimum absolute atomic E-state index is 0.0807. The molecular formula is C27H29N7O4. The summed E-state index contributed by atoms with van der Waals surface area (Å²) >= 11 is 0. The van der Waals surface area contributed by atoms with Crippen molar-refractivity contribution in [2.24, 2.45) is 14.1 Å². The summed E-state index contributed by atoms with van der Waals surface area (Å²) in [4.78, 5) is 44.3. The standard InChI is InChI=1S/C27H29N7O4/c1-16-6-7-23-27(37)34(11-10-33(16)23)25-21(15-38-18(3)35)20(8-9-28-25)19-13-22(26(36)31(4)14-19)29-24-12-17(2)32(5)30-24/h6-9,12-14H,10-11,15H2,1-5H3,(H,29,30). The van der Waals surface area contributed by atoms with Gasteiger partial charge in [-0.3, -0.25) is 24.0 Å². The fraction of sp³-hybridized carbons (Fsp3) is 0.296. The molecule has 0 aromatic carbocycles. The van der Waals surface area contributed by atoms with Crippen LogP contribution in [-0.4, -0.2) is 42.3 Å². The summed E-state index contributed by atoms with van der Waals surface area (Å²) in [6.07, 6.45) is 3.33. The first-order chi connectivity index (χ1) is 18.1. The topological polar surface area (TPSA) is 116 Å². The van der Waals surface area contributed by atoms with Gasteiger partial charge in [-0.1, -0.05) is 0 Å². The summed E-state index contributed by atoms with van der Waals surface area (Å²) < 4.78 is 10.6. The van der Waals surface area contributed by atoms with Gasteiger partial charge in [0.25, 0.3) is 11.5 Å². The first-order valence-electron chi connectivity index (χ1n) is 12.2. The van der Waals surface area contributed by atoms with Crippen LogP contribution in [0.1, 0.15) is 34.4 Å². The minimum atomic E-state index is -0.450. The molecule has 0 saturated heterocycles. The van der Waals surface area contributed by atoms with E-state index in [9.17, 15) is 14.4 Å². The Morgan fingerprint density at radius 1 is 1.08 bits per heavy atom. The number of hydrogen-bond donors (Lipinski definition) is 1. The third kappa shape index (κ3) is 4.47. The van der Waals surface area contributed by atoms with Crippen molar-refractivity contribution in [2.75, 3.05) is 16.8 Å². The van der Waals surface area contributed by atoms with Gasteiger partial charge in [0.05, 0.1) is 0 Å². The number of aromatic nitrogens is 5. The molecule has 0 atom stereocenters. The van der Waals surface area contributed by atoms with Crippen LogP contribution in [0.5, 0.6) is 0 Å². The Balaban J connectivity index is 1.61. The molecule has 5 heterocycles. The molecule has 4 aromatic heterocycles. The summed E-state index contributed by atoms with van der Waals surface area (Å²) in [5.74, 6) is 0.342. The summed E-state index contributed by atoms with van der Waals surface area (Å²) in [6.45, 7) is 6.19. The van der Waals surface area contributed by atoms with Gasteiger partial charge in [-0.25, -0.2) is 4.98 Å². The molecule has 0 radical (unpaired) electrons. The quantitative estimate of drug-likeness (QED) is 0.392. The van der Waals surface area contributed by atoms with Crippen LogP contribution in [0.3, 0.4) is 0 Å². The van der Waals surface area contributed by atoms with Crippen molar-refractivity contribution >= 4 is 29.2 Å². The average molecular weight is 516 g/mol. The van der Waals surface area contributed by atoms with Crippen molar-refractivity contribution in [1.29, 1.82) is 0 Å². The lowest BCUT2D eigenvalue weighted by atomic mass is 10.0. The summed E-state index contributed by atoms with van der Waals surface area (Å²) in [7, 11) is 3.49. The van der Waals surface area contributed by atoms with Gasteiger partial charge in [-0.2, -0.15) is 5.10 Å². The predicted molar refractivity (Wildman–Crippen MR) is 142 cm³/mol. The van der Waals surface area contributed by atoms with Crippen molar-refractivity contribution in [1.82, 2.24) is 23.9 Å². The van der Waals surface area contributed by atoms with E-state index in [4.69, 9.17) is 4.74 Å². The maximum atomic E-state index is 13.4. The zero-order chi connectivity index (χ0) is 27.1. The number of rotatable bonds is 6. The smallest absolute Gasteiger partial charge is 0.302 e. The molecule has 1 aliphatic rings. The van der Waals surface area contributed by atoms with E-state index in [0.717, 1.165) is 11.4 Å². The van der Waals surface area contributed by atoms with Gasteiger partial charge in [0.2, 0.25) is 0 Å². The number of esters is 1. The van der Waals surface area contributed by atoms with Gasteiger partial charge in [0.15, 0.2) is 5.82 Å². The molecule has 11 heteroatoms. The van der Waals surface area contributed by atoms with E-state index in [1.54, 1.807) is 41.2 Å². The lowest BCUT2D eigenvalue weighted by Crippen LogP contribution is -2.41. The zero-order valence-electron chi connectivity index (χ0n) is 22.0. The van der Waals surface area contributed by atoms with Crippen molar-refractivity contribution in [3.63, 3.8) is 0 Å². The van der Waals surface area contributed by atoms with Crippen LogP contribution in [0.4, 0.5) is 17.3 Å². The molecule has 11 nitrogen and oxygen atoms in total. The number of hydrogen-bond acceptors (Lipinski definition) is 7. The van der Waals surface area contributed by atoms with E-state index in [1.807, 2.05) is 43.7 Å². The van der Waals surface area contributed by atoms with Crippen LogP contribution in [-0.2, 0) is 36.8 Å². The fourth-order valence-electron chi connectivity index (χ4n) is 4.70. The summed E-state index contributed by atoms with van der Waals surface area (Å²) in [5.41, 5.74) is 4.61. The van der Waals surface area contributed by atoms with Gasteiger partial charge in [0.1, 0.15) is 23.8 Å². The highest BCUT2D eigenvalue weighted by Gasteiger charge is 2.30. The third-order valence-corrected chi connectivity index (χ3v) is 6.79. The molecule has 0 aliphatic carbocycles. The van der Waals surface area contributed by atoms with Crippen molar-refractivity contribution in [2.45, 2.75) is 33.9 Å². The SMILES string of the molecule is CC(=O)OCc1c(-c2cc(Nc3cc(C)n(C)n3)c(=O)n(C)c2)ccnc1N1CCn2c(C)ccc2C1=O. The van der Waals surface area contributed by atoms with E-state index >= 15 is 0 Å². The van der Waals surface area contributed by atoms with E-state index < -0.39 is 5.97 Å². The van der Waals surface area contributed by atoms with Crippen LogP contribution in [0.25, 0.3) is 11.1 Å². The molecule has 1 N–H and O–H groups in total. The second kappa shape index (κ2) is 9.66. The highest BCUT2D eigenvalue weighted by molar-refractivity contribution is 6.06. The molecule has 196 valence electrons. The van der Waals surface area contributed by atoms with Crippen molar-refractivity contribution < 1.29 is 14.3 Å². The maximum Gasteiger partial charge on any atom is 0.302 e. The van der Waals surface area contributed by atoms with Gasteiger partial charge >= 0.3 is 5.97 Å². The molecule has 1 aliphatic heterocycles. The molecule has 0 saturated carbocycles. The van der Waals surface area contributed by atoms with Crippen molar-refractivity contribution in [3.05, 3.63) is 75.7 Å². The Hall–Kier alpha value is -4.67. The zero-order valence-corrected chi connectivity index (χ0v) is 22.0. The molecular weight excluding hydrogens is 486 g/mol. The highest BCUT2D eigenvalue weighted by Crippen LogP contribution is 2.33. The Kier molecular flexibility index (Phi) is 6.35. The van der Waals surface area contributed by atoms with Crippen LogP contribution in [0.15, 0.2) is 47.5 Å². The van der Waals surface area contributed by atoms with E-state index in [-0.39, 0.29) is 18.1 Å². The molecule has 5 rings (SSSR count). The Labute approximate surface area is 219 Å². The van der Waals surface area contributed by atoms with E-state index in [1.165, 1.54) is 11.5 Å². The number of amides is 1. The number of carbonyl (C=O) groups is 2. The lowest BCUT2D eigenvalue weighted by molar-refractivity contribution is -0.142. The number of pyridine rings is 2. The highest BCUT2D eigenvalue weighted by atomic mass is 16.5. The van der Waals surface area contributed by atoms with Gasteiger partial charge in [-0.05, 0) is 43.7 Å². The second-order valence-electron chi connectivity index (χ2n) is 9.39. The summed E-state index contributed by atoms with van der Waals surface area (Å²) in [5, 5.41) is 7.51. The van der Waals surface area contributed by atoms with Crippen LogP contribution in [0, 0.1) is 13.8 Å². The lowest BCUT2D eigenvalue weighted by Gasteiger charge is -2.30. The van der Waals surface area contributed by atoms with Crippen LogP contribution < -0.4 is 15.8 Å². The Bertz CT molecular complexity index is 1610. The Morgan fingerprint density at radius 3 is 2.58 bits per heavy atom. The molecule has 0 unspecified atom stereocenters. The first kappa shape index (κ1) is 25.0. The van der Waals surface area contributed by atoms with Crippen LogP contribution in [0.2, 0.25) is 0 Å². The van der Waals surface area contributed by atoms with E-state index in [2.05, 4.69) is 15.4 Å². The molecule has 38 heavy (non-hydrogen) atoms. The number of fused-ring (bicyclic) bond motifs is 1. The van der Waals surface area contributed by atoms with Gasteiger partial charge < -0.3 is 19.2 Å². The Morgan fingerprint density at radius 2 is 1.87 bits per heavy atom. The van der Waals surface area contributed by atoms with Crippen LogP contribution >= 0.6 is 0 Å². The molecule has 1 amide bonds. The number of anilines is 3. The second-order valence-corrected chi connectivity index (χ2v) is 9.39. The number of nitrogens with zero attached hydrogens (tertiary/aromatic N) is 6. The fourth-order valence-corrected chi connectivity index (χ4v) is 4.70. The number of nitrogens with one attached hydrogen (secondary N) is 1. The minimum Gasteiger partial charge on any atom is -0.461 e. The maximum absolute atomic E-state index is 13.4. The summed E-state index contributed by atoms with van der Waals surface area (Å²) in [6, 6.07) is 9.10. The molecule has 4 aromatic rings. The number of ether oxygens (including phenoxy) is 1. The predicted octanol–water partition coefficient (Wildman–Crippen LogP) is 3.07. The normalized spacial score (nSPS) is 13.0. The van der Waals surface area contributed by atoms with Gasteiger partial charge in [0, 0.05) is 75.1 Å². The van der Waals surface area contributed by atoms with Crippen molar-refractivity contribution in [3.8, 4) is 11.1 Å². The average Bonchev–Trinajstić information content (AvgIpc) is 3.41. The van der Waals surface area contributed by atoms with Gasteiger partial charge in [-0.15, -0.1) is 0 Å². The van der Waals surface area contributed by atoms with E-state index in [0.29, 0.717) is 52.8 Å². The number of carbonyl (C=O) groups excluding carboxylic acids is 2. The molecule has 0 fully saturated rings. The molecule has 0 bridgehead atoms.